The average Bonchev–Trinajstić information content (AvgIpc) is 2.33. The summed E-state index contributed by atoms with van der Waals surface area (Å²) in [5.41, 5.74) is 4.93. The third-order valence-electron chi connectivity index (χ3n) is 3.31. The molecule has 1 aliphatic rings. The van der Waals surface area contributed by atoms with Gasteiger partial charge < -0.3 is 15.8 Å². The molecule has 1 unspecified atom stereocenters. The molecular weight excluding hydrogens is 216 g/mol. The van der Waals surface area contributed by atoms with E-state index in [0.717, 1.165) is 25.8 Å². The molecule has 3 N–H and O–H groups in total. The van der Waals surface area contributed by atoms with Crippen LogP contribution >= 0.6 is 0 Å². The molecule has 1 saturated heterocycles. The van der Waals surface area contributed by atoms with Gasteiger partial charge in [0.05, 0.1) is 11.2 Å². The first-order valence-electron chi connectivity index (χ1n) is 6.45. The van der Waals surface area contributed by atoms with Gasteiger partial charge in [0.1, 0.15) is 0 Å². The SMILES string of the molecule is CC1(C)CC(NCCCCC(N)=O)C(C)(C)O1. The van der Waals surface area contributed by atoms with Crippen LogP contribution in [0.15, 0.2) is 0 Å². The summed E-state index contributed by atoms with van der Waals surface area (Å²) in [6, 6.07) is 0.381. The molecule has 0 aromatic carbocycles. The zero-order chi connectivity index (χ0) is 13.1. The second kappa shape index (κ2) is 5.36. The number of rotatable bonds is 6. The number of hydrogen-bond acceptors (Lipinski definition) is 3. The van der Waals surface area contributed by atoms with Gasteiger partial charge in [-0.25, -0.2) is 0 Å². The summed E-state index contributed by atoms with van der Waals surface area (Å²) in [5, 5.41) is 3.52. The van der Waals surface area contributed by atoms with Gasteiger partial charge >= 0.3 is 0 Å². The van der Waals surface area contributed by atoms with Crippen LogP contribution in [0.1, 0.15) is 53.4 Å². The number of amides is 1. The molecule has 4 nitrogen and oxygen atoms in total. The lowest BCUT2D eigenvalue weighted by atomic mass is 9.94. The van der Waals surface area contributed by atoms with Gasteiger partial charge in [-0.15, -0.1) is 0 Å². The number of unbranched alkanes of at least 4 members (excludes halogenated alkanes) is 1. The summed E-state index contributed by atoms with van der Waals surface area (Å²) in [5.74, 6) is -0.212. The average molecular weight is 242 g/mol. The van der Waals surface area contributed by atoms with E-state index in [2.05, 4.69) is 33.0 Å². The molecule has 1 fully saturated rings. The van der Waals surface area contributed by atoms with E-state index in [1.54, 1.807) is 0 Å². The molecule has 0 radical (unpaired) electrons. The van der Waals surface area contributed by atoms with E-state index in [4.69, 9.17) is 10.5 Å². The smallest absolute Gasteiger partial charge is 0.217 e. The maximum Gasteiger partial charge on any atom is 0.217 e. The van der Waals surface area contributed by atoms with Crippen LogP contribution in [0.4, 0.5) is 0 Å². The van der Waals surface area contributed by atoms with Crippen molar-refractivity contribution in [2.75, 3.05) is 6.54 Å². The van der Waals surface area contributed by atoms with E-state index >= 15 is 0 Å². The molecule has 1 rings (SSSR count). The fourth-order valence-electron chi connectivity index (χ4n) is 2.58. The van der Waals surface area contributed by atoms with Crippen LogP contribution in [0.2, 0.25) is 0 Å². The number of nitrogens with one attached hydrogen (secondary N) is 1. The van der Waals surface area contributed by atoms with Crippen molar-refractivity contribution in [2.24, 2.45) is 5.73 Å². The molecule has 0 saturated carbocycles. The number of nitrogens with two attached hydrogens (primary N) is 1. The molecule has 100 valence electrons. The number of carbonyl (C=O) groups is 1. The third kappa shape index (κ3) is 4.64. The van der Waals surface area contributed by atoms with Gasteiger partial charge in [-0.05, 0) is 53.5 Å². The van der Waals surface area contributed by atoms with Crippen LogP contribution in [-0.2, 0) is 9.53 Å². The Morgan fingerprint density at radius 3 is 2.47 bits per heavy atom. The summed E-state index contributed by atoms with van der Waals surface area (Å²) < 4.78 is 6.01. The first kappa shape index (κ1) is 14.5. The predicted molar refractivity (Wildman–Crippen MR) is 68.7 cm³/mol. The Kier molecular flexibility index (Phi) is 4.55. The van der Waals surface area contributed by atoms with Crippen molar-refractivity contribution in [3.05, 3.63) is 0 Å². The van der Waals surface area contributed by atoms with Gasteiger partial charge in [0.15, 0.2) is 0 Å². The van der Waals surface area contributed by atoms with Crippen molar-refractivity contribution in [2.45, 2.75) is 70.6 Å². The lowest BCUT2D eigenvalue weighted by Gasteiger charge is -2.27. The van der Waals surface area contributed by atoms with Crippen molar-refractivity contribution in [1.29, 1.82) is 0 Å². The molecule has 0 bridgehead atoms. The van der Waals surface area contributed by atoms with E-state index in [1.807, 2.05) is 0 Å². The number of hydrogen-bond donors (Lipinski definition) is 2. The molecular formula is C13H26N2O2. The van der Waals surface area contributed by atoms with Gasteiger partial charge in [-0.3, -0.25) is 4.79 Å². The van der Waals surface area contributed by atoms with E-state index in [1.165, 1.54) is 0 Å². The van der Waals surface area contributed by atoms with Gasteiger partial charge in [0.25, 0.3) is 0 Å². The van der Waals surface area contributed by atoms with Crippen LogP contribution in [0, 0.1) is 0 Å². The van der Waals surface area contributed by atoms with Gasteiger partial charge in [0, 0.05) is 12.5 Å². The molecule has 0 aromatic heterocycles. The van der Waals surface area contributed by atoms with E-state index < -0.39 is 0 Å². The topological polar surface area (TPSA) is 64.3 Å². The van der Waals surface area contributed by atoms with E-state index in [-0.39, 0.29) is 17.1 Å². The molecule has 1 aliphatic heterocycles. The summed E-state index contributed by atoms with van der Waals surface area (Å²) in [4.78, 5) is 10.6. The summed E-state index contributed by atoms with van der Waals surface area (Å²) in [6.45, 7) is 9.43. The fourth-order valence-corrected chi connectivity index (χ4v) is 2.58. The van der Waals surface area contributed by atoms with Crippen molar-refractivity contribution >= 4 is 5.91 Å². The molecule has 4 heteroatoms. The van der Waals surface area contributed by atoms with Crippen LogP contribution < -0.4 is 11.1 Å². The highest BCUT2D eigenvalue weighted by Gasteiger charge is 2.45. The first-order chi connectivity index (χ1) is 7.73. The highest BCUT2D eigenvalue weighted by atomic mass is 16.5. The normalized spacial score (nSPS) is 26.0. The van der Waals surface area contributed by atoms with Crippen LogP contribution in [-0.4, -0.2) is 29.7 Å². The highest BCUT2D eigenvalue weighted by Crippen LogP contribution is 2.37. The Bertz CT molecular complexity index is 275. The van der Waals surface area contributed by atoms with E-state index in [9.17, 15) is 4.79 Å². The number of carbonyl (C=O) groups excluding carboxylic acids is 1. The van der Waals surface area contributed by atoms with E-state index in [0.29, 0.717) is 12.5 Å². The van der Waals surface area contributed by atoms with Crippen molar-refractivity contribution in [3.63, 3.8) is 0 Å². The Morgan fingerprint density at radius 1 is 1.35 bits per heavy atom. The minimum atomic E-state index is -0.212. The second-order valence-corrected chi connectivity index (χ2v) is 6.10. The van der Waals surface area contributed by atoms with Gasteiger partial charge in [-0.1, -0.05) is 0 Å². The van der Waals surface area contributed by atoms with Crippen molar-refractivity contribution in [1.82, 2.24) is 5.32 Å². The maximum absolute atomic E-state index is 10.6. The Balaban J connectivity index is 2.25. The molecule has 1 amide bonds. The quantitative estimate of drug-likeness (QED) is 0.695. The monoisotopic (exact) mass is 242 g/mol. The Morgan fingerprint density at radius 2 is 2.00 bits per heavy atom. The Hall–Kier alpha value is -0.610. The molecule has 1 heterocycles. The van der Waals surface area contributed by atoms with Gasteiger partial charge in [0.2, 0.25) is 5.91 Å². The molecule has 0 aliphatic carbocycles. The van der Waals surface area contributed by atoms with Crippen LogP contribution in [0.5, 0.6) is 0 Å². The predicted octanol–water partition coefficient (Wildman–Crippen LogP) is 1.58. The molecule has 0 aromatic rings. The molecule has 1 atom stereocenters. The number of ether oxygens (including phenoxy) is 1. The number of primary amides is 1. The minimum absolute atomic E-state index is 0.0472. The minimum Gasteiger partial charge on any atom is -0.370 e. The Labute approximate surface area is 104 Å². The summed E-state index contributed by atoms with van der Waals surface area (Å²) in [7, 11) is 0. The lowest BCUT2D eigenvalue weighted by Crippen LogP contribution is -2.43. The highest BCUT2D eigenvalue weighted by molar-refractivity contribution is 5.73. The zero-order valence-electron chi connectivity index (χ0n) is 11.5. The summed E-state index contributed by atoms with van der Waals surface area (Å²) in [6.07, 6.45) is 3.35. The summed E-state index contributed by atoms with van der Waals surface area (Å²) >= 11 is 0. The maximum atomic E-state index is 10.6. The molecule has 0 spiro atoms. The standard InChI is InChI=1S/C13H26N2O2/c1-12(2)9-10(13(3,4)17-12)15-8-6-5-7-11(14)16/h10,15H,5-9H2,1-4H3,(H2,14,16). The van der Waals surface area contributed by atoms with Crippen LogP contribution in [0.25, 0.3) is 0 Å². The largest absolute Gasteiger partial charge is 0.370 e. The van der Waals surface area contributed by atoms with Crippen molar-refractivity contribution in [3.8, 4) is 0 Å². The first-order valence-corrected chi connectivity index (χ1v) is 6.45. The molecule has 17 heavy (non-hydrogen) atoms. The zero-order valence-corrected chi connectivity index (χ0v) is 11.5. The third-order valence-corrected chi connectivity index (χ3v) is 3.31. The second-order valence-electron chi connectivity index (χ2n) is 6.10. The lowest BCUT2D eigenvalue weighted by molar-refractivity contribution is -0.118. The fraction of sp³-hybridized carbons (Fsp3) is 0.923. The van der Waals surface area contributed by atoms with Crippen molar-refractivity contribution < 1.29 is 9.53 Å². The van der Waals surface area contributed by atoms with Crippen LogP contribution in [0.3, 0.4) is 0 Å². The van der Waals surface area contributed by atoms with Gasteiger partial charge in [-0.2, -0.15) is 0 Å².